The topological polar surface area (TPSA) is 84.3 Å². The highest BCUT2D eigenvalue weighted by Gasteiger charge is 2.34. The Labute approximate surface area is 164 Å². The second-order valence-electron chi connectivity index (χ2n) is 6.95. The first kappa shape index (κ1) is 19.9. The number of benzene rings is 1. The summed E-state index contributed by atoms with van der Waals surface area (Å²) in [6.07, 6.45) is 4.32. The normalized spacial score (nSPS) is 18.6. The Bertz CT molecular complexity index is 926. The van der Waals surface area contributed by atoms with Crippen LogP contribution in [0.25, 0.3) is 0 Å². The molecule has 146 valence electrons. The van der Waals surface area contributed by atoms with Gasteiger partial charge in [-0.05, 0) is 44.9 Å². The maximum absolute atomic E-state index is 12.9. The second-order valence-corrected chi connectivity index (χ2v) is 9.28. The molecule has 7 nitrogen and oxygen atoms in total. The zero-order valence-corrected chi connectivity index (χ0v) is 16.9. The van der Waals surface area contributed by atoms with Crippen LogP contribution in [0.1, 0.15) is 32.7 Å². The van der Waals surface area contributed by atoms with Crippen molar-refractivity contribution in [3.05, 3.63) is 41.8 Å². The standard InChI is InChI=1S/C18H23ClN4O3S/c1-13(2)22-11-17(20-12-22)27(25,26)23-8-4-5-14(10-23)18(24)21-16-7-3-6-15(19)9-16/h3,6-7,9,11-14H,4-5,8,10H2,1-2H3,(H,21,24). The van der Waals surface area contributed by atoms with E-state index in [-0.39, 0.29) is 23.5 Å². The molecule has 1 aliphatic rings. The molecule has 1 amide bonds. The van der Waals surface area contributed by atoms with E-state index in [1.807, 2.05) is 13.8 Å². The number of nitrogens with zero attached hydrogens (tertiary/aromatic N) is 3. The van der Waals surface area contributed by atoms with Gasteiger partial charge in [0.2, 0.25) is 5.91 Å². The first-order valence-corrected chi connectivity index (χ1v) is 10.7. The minimum Gasteiger partial charge on any atom is -0.334 e. The smallest absolute Gasteiger partial charge is 0.262 e. The third-order valence-corrected chi connectivity index (χ3v) is 6.61. The summed E-state index contributed by atoms with van der Waals surface area (Å²) in [5.74, 6) is -0.621. The summed E-state index contributed by atoms with van der Waals surface area (Å²) in [7, 11) is -3.72. The summed E-state index contributed by atoms with van der Waals surface area (Å²) in [6.45, 7) is 4.44. The van der Waals surface area contributed by atoms with Crippen LogP contribution in [-0.2, 0) is 14.8 Å². The lowest BCUT2D eigenvalue weighted by molar-refractivity contribution is -0.120. The van der Waals surface area contributed by atoms with Gasteiger partial charge in [0.1, 0.15) is 0 Å². The zero-order valence-electron chi connectivity index (χ0n) is 15.3. The summed E-state index contributed by atoms with van der Waals surface area (Å²) < 4.78 is 28.9. The number of imidazole rings is 1. The zero-order chi connectivity index (χ0) is 19.6. The van der Waals surface area contributed by atoms with Gasteiger partial charge in [-0.2, -0.15) is 4.31 Å². The number of hydrogen-bond acceptors (Lipinski definition) is 4. The third-order valence-electron chi connectivity index (χ3n) is 4.63. The number of piperidine rings is 1. The quantitative estimate of drug-likeness (QED) is 0.820. The molecule has 2 heterocycles. The third kappa shape index (κ3) is 4.51. The molecule has 0 radical (unpaired) electrons. The van der Waals surface area contributed by atoms with Gasteiger partial charge in [-0.1, -0.05) is 17.7 Å². The number of carbonyl (C=O) groups is 1. The van der Waals surface area contributed by atoms with Crippen molar-refractivity contribution in [2.24, 2.45) is 5.92 Å². The Hall–Kier alpha value is -1.90. The number of carbonyl (C=O) groups excluding carboxylic acids is 1. The van der Waals surface area contributed by atoms with Crippen molar-refractivity contribution in [2.45, 2.75) is 37.8 Å². The second kappa shape index (κ2) is 8.00. The molecule has 1 saturated heterocycles. The molecule has 1 aromatic carbocycles. The van der Waals surface area contributed by atoms with Gasteiger partial charge in [0, 0.05) is 36.0 Å². The lowest BCUT2D eigenvalue weighted by atomic mass is 9.99. The number of rotatable bonds is 5. The summed E-state index contributed by atoms with van der Waals surface area (Å²) in [6, 6.07) is 7.01. The van der Waals surface area contributed by atoms with Crippen LogP contribution in [0.15, 0.2) is 41.8 Å². The van der Waals surface area contributed by atoms with Crippen LogP contribution in [-0.4, -0.2) is 41.3 Å². The number of aromatic nitrogens is 2. The van der Waals surface area contributed by atoms with Crippen molar-refractivity contribution in [3.63, 3.8) is 0 Å². The van der Waals surface area contributed by atoms with E-state index in [4.69, 9.17) is 11.6 Å². The molecular weight excluding hydrogens is 388 g/mol. The molecule has 1 aromatic heterocycles. The number of sulfonamides is 1. The highest BCUT2D eigenvalue weighted by Crippen LogP contribution is 2.25. The monoisotopic (exact) mass is 410 g/mol. The minimum absolute atomic E-state index is 0.0205. The molecule has 1 fully saturated rings. The van der Waals surface area contributed by atoms with Crippen molar-refractivity contribution in [2.75, 3.05) is 18.4 Å². The van der Waals surface area contributed by atoms with Crippen LogP contribution in [0.2, 0.25) is 5.02 Å². The Balaban J connectivity index is 1.71. The summed E-state index contributed by atoms with van der Waals surface area (Å²) in [5, 5.41) is 3.37. The van der Waals surface area contributed by atoms with Gasteiger partial charge in [0.25, 0.3) is 10.0 Å². The summed E-state index contributed by atoms with van der Waals surface area (Å²) >= 11 is 5.94. The van der Waals surface area contributed by atoms with Gasteiger partial charge in [-0.25, -0.2) is 13.4 Å². The first-order valence-electron chi connectivity index (χ1n) is 8.87. The van der Waals surface area contributed by atoms with Crippen molar-refractivity contribution in [1.29, 1.82) is 0 Å². The van der Waals surface area contributed by atoms with Crippen LogP contribution in [0, 0.1) is 5.92 Å². The molecule has 0 bridgehead atoms. The van der Waals surface area contributed by atoms with E-state index in [0.717, 1.165) is 0 Å². The molecule has 0 saturated carbocycles. The summed E-state index contributed by atoms with van der Waals surface area (Å²) in [5.41, 5.74) is 0.600. The lowest BCUT2D eigenvalue weighted by Gasteiger charge is -2.30. The van der Waals surface area contributed by atoms with Gasteiger partial charge in [-0.3, -0.25) is 4.79 Å². The number of hydrogen-bond donors (Lipinski definition) is 1. The highest BCUT2D eigenvalue weighted by atomic mass is 35.5. The van der Waals surface area contributed by atoms with Crippen LogP contribution in [0.3, 0.4) is 0 Å². The maximum Gasteiger partial charge on any atom is 0.262 e. The SMILES string of the molecule is CC(C)n1cnc(S(=O)(=O)N2CCCC(C(=O)Nc3cccc(Cl)c3)C2)c1. The van der Waals surface area contributed by atoms with Crippen LogP contribution >= 0.6 is 11.6 Å². The van der Waals surface area contributed by atoms with E-state index in [1.165, 1.54) is 16.8 Å². The minimum atomic E-state index is -3.72. The fourth-order valence-electron chi connectivity index (χ4n) is 3.05. The largest absolute Gasteiger partial charge is 0.334 e. The Morgan fingerprint density at radius 1 is 1.37 bits per heavy atom. The molecule has 27 heavy (non-hydrogen) atoms. The molecule has 1 unspecified atom stereocenters. The van der Waals surface area contributed by atoms with Gasteiger partial charge < -0.3 is 9.88 Å². The Kier molecular flexibility index (Phi) is 5.88. The van der Waals surface area contributed by atoms with E-state index in [1.54, 1.807) is 28.8 Å². The van der Waals surface area contributed by atoms with Crippen molar-refractivity contribution in [1.82, 2.24) is 13.9 Å². The van der Waals surface area contributed by atoms with Crippen LogP contribution in [0.4, 0.5) is 5.69 Å². The van der Waals surface area contributed by atoms with Crippen LogP contribution in [0.5, 0.6) is 0 Å². The number of nitrogens with one attached hydrogen (secondary N) is 1. The van der Waals surface area contributed by atoms with Gasteiger partial charge in [0.05, 0.1) is 12.2 Å². The molecule has 1 N–H and O–H groups in total. The average molecular weight is 411 g/mol. The average Bonchev–Trinajstić information content (AvgIpc) is 3.13. The Morgan fingerprint density at radius 2 is 2.15 bits per heavy atom. The predicted octanol–water partition coefficient (Wildman–Crippen LogP) is 3.16. The van der Waals surface area contributed by atoms with Crippen molar-refractivity contribution >= 4 is 33.2 Å². The molecule has 1 aliphatic heterocycles. The number of halogens is 1. The van der Waals surface area contributed by atoms with E-state index in [2.05, 4.69) is 10.3 Å². The first-order chi connectivity index (χ1) is 12.8. The fraction of sp³-hybridized carbons (Fsp3) is 0.444. The Morgan fingerprint density at radius 3 is 2.81 bits per heavy atom. The van der Waals surface area contributed by atoms with E-state index in [9.17, 15) is 13.2 Å². The molecule has 2 aromatic rings. The maximum atomic E-state index is 12.9. The molecule has 1 atom stereocenters. The molecule has 0 aliphatic carbocycles. The van der Waals surface area contributed by atoms with E-state index < -0.39 is 15.9 Å². The number of anilines is 1. The molecular formula is C18H23ClN4O3S. The predicted molar refractivity (Wildman–Crippen MR) is 104 cm³/mol. The summed E-state index contributed by atoms with van der Waals surface area (Å²) in [4.78, 5) is 16.6. The van der Waals surface area contributed by atoms with Gasteiger partial charge in [-0.15, -0.1) is 0 Å². The highest BCUT2D eigenvalue weighted by molar-refractivity contribution is 7.89. The van der Waals surface area contributed by atoms with E-state index in [0.29, 0.717) is 30.1 Å². The van der Waals surface area contributed by atoms with Crippen LogP contribution < -0.4 is 5.32 Å². The lowest BCUT2D eigenvalue weighted by Crippen LogP contribution is -2.43. The van der Waals surface area contributed by atoms with E-state index >= 15 is 0 Å². The fourth-order valence-corrected chi connectivity index (χ4v) is 4.69. The van der Waals surface area contributed by atoms with Crippen molar-refractivity contribution in [3.8, 4) is 0 Å². The molecule has 0 spiro atoms. The number of amides is 1. The molecule has 9 heteroatoms. The molecule has 3 rings (SSSR count). The van der Waals surface area contributed by atoms with Gasteiger partial charge in [0.15, 0.2) is 5.03 Å². The van der Waals surface area contributed by atoms with Gasteiger partial charge >= 0.3 is 0 Å². The van der Waals surface area contributed by atoms with Crippen molar-refractivity contribution < 1.29 is 13.2 Å².